The summed E-state index contributed by atoms with van der Waals surface area (Å²) < 4.78 is 11.6. The van der Waals surface area contributed by atoms with E-state index < -0.39 is 9.85 Å². The van der Waals surface area contributed by atoms with Crippen molar-refractivity contribution in [3.63, 3.8) is 0 Å². The Labute approximate surface area is 253 Å². The van der Waals surface area contributed by atoms with Crippen LogP contribution in [0.1, 0.15) is 38.5 Å². The number of nitro groups is 2. The summed E-state index contributed by atoms with van der Waals surface area (Å²) in [5.74, 6) is 1.19. The molecule has 2 amide bonds. The first kappa shape index (κ1) is 29.3. The summed E-state index contributed by atoms with van der Waals surface area (Å²) >= 11 is 0. The third kappa shape index (κ3) is 6.29. The van der Waals surface area contributed by atoms with Crippen LogP contribution in [-0.2, 0) is 9.59 Å². The van der Waals surface area contributed by atoms with E-state index in [9.17, 15) is 29.8 Å². The number of allylic oxidation sites excluding steroid dienone is 4. The topological polar surface area (TPSA) is 163 Å². The van der Waals surface area contributed by atoms with Crippen LogP contribution in [0.4, 0.5) is 22.7 Å². The molecule has 2 saturated carbocycles. The summed E-state index contributed by atoms with van der Waals surface area (Å²) in [5.41, 5.74) is -0.149. The van der Waals surface area contributed by atoms with E-state index in [1.165, 1.54) is 36.4 Å². The molecule has 4 aliphatic rings. The fourth-order valence-electron chi connectivity index (χ4n) is 6.93. The predicted octanol–water partition coefficient (Wildman–Crippen LogP) is 6.04. The molecule has 6 rings (SSSR count). The summed E-state index contributed by atoms with van der Waals surface area (Å²) in [6, 6.07) is 8.63. The molecular formula is C32H34N4O8. The Morgan fingerprint density at radius 3 is 1.45 bits per heavy atom. The third-order valence-corrected chi connectivity index (χ3v) is 9.15. The minimum Gasteiger partial charge on any atom is -0.494 e. The molecule has 12 nitrogen and oxygen atoms in total. The Hall–Kier alpha value is -4.74. The number of nitrogens with one attached hydrogen (secondary N) is 2. The van der Waals surface area contributed by atoms with Crippen LogP contribution in [0.25, 0.3) is 0 Å². The SMILES string of the molecule is O=C(Nc1cc(OCCCCOc2ccc([N+](=O)[O-])c(NC(=O)C3CC4C=CC3C4)c2)ccc1[N+](=O)[O-])C1CC2C=CC1C2. The van der Waals surface area contributed by atoms with Gasteiger partial charge in [0.05, 0.1) is 23.1 Å². The lowest BCUT2D eigenvalue weighted by atomic mass is 9.93. The summed E-state index contributed by atoms with van der Waals surface area (Å²) in [5, 5.41) is 28.6. The summed E-state index contributed by atoms with van der Waals surface area (Å²) in [6.07, 6.45) is 13.0. The number of rotatable bonds is 13. The van der Waals surface area contributed by atoms with E-state index in [1.807, 2.05) is 0 Å². The molecule has 2 fully saturated rings. The van der Waals surface area contributed by atoms with Gasteiger partial charge in [-0.15, -0.1) is 0 Å². The van der Waals surface area contributed by atoms with E-state index in [2.05, 4.69) is 34.9 Å². The second-order valence-electron chi connectivity index (χ2n) is 12.0. The van der Waals surface area contributed by atoms with Gasteiger partial charge in [-0.3, -0.25) is 29.8 Å². The van der Waals surface area contributed by atoms with Gasteiger partial charge in [0.2, 0.25) is 11.8 Å². The van der Waals surface area contributed by atoms with E-state index in [-0.39, 0.29) is 58.2 Å². The Morgan fingerprint density at radius 2 is 1.11 bits per heavy atom. The Morgan fingerprint density at radius 1 is 0.682 bits per heavy atom. The Kier molecular flexibility index (Phi) is 8.32. The highest BCUT2D eigenvalue weighted by molar-refractivity contribution is 5.96. The Bertz CT molecular complexity index is 1420. The number of fused-ring (bicyclic) bond motifs is 4. The minimum absolute atomic E-state index is 0.116. The van der Waals surface area contributed by atoms with E-state index in [0.29, 0.717) is 49.4 Å². The van der Waals surface area contributed by atoms with Gasteiger partial charge < -0.3 is 20.1 Å². The molecule has 2 aromatic rings. The molecule has 0 saturated heterocycles. The molecule has 0 aromatic heterocycles. The first-order chi connectivity index (χ1) is 21.2. The van der Waals surface area contributed by atoms with Crippen LogP contribution in [0.5, 0.6) is 11.5 Å². The molecule has 0 aliphatic heterocycles. The highest BCUT2D eigenvalue weighted by atomic mass is 16.6. The molecule has 2 N–H and O–H groups in total. The molecular weight excluding hydrogens is 568 g/mol. The highest BCUT2D eigenvalue weighted by Gasteiger charge is 2.41. The highest BCUT2D eigenvalue weighted by Crippen LogP contribution is 2.45. The van der Waals surface area contributed by atoms with Crippen molar-refractivity contribution in [2.45, 2.75) is 38.5 Å². The van der Waals surface area contributed by atoms with Crippen LogP contribution in [0.3, 0.4) is 0 Å². The second-order valence-corrected chi connectivity index (χ2v) is 12.0. The first-order valence-electron chi connectivity index (χ1n) is 15.1. The number of nitrogens with zero attached hydrogens (tertiary/aromatic N) is 2. The molecule has 4 aliphatic carbocycles. The van der Waals surface area contributed by atoms with Gasteiger partial charge in [-0.25, -0.2) is 0 Å². The first-order valence-corrected chi connectivity index (χ1v) is 15.1. The van der Waals surface area contributed by atoms with Crippen molar-refractivity contribution in [3.05, 3.63) is 80.9 Å². The summed E-state index contributed by atoms with van der Waals surface area (Å²) in [7, 11) is 0. The molecule has 4 bridgehead atoms. The Balaban J connectivity index is 0.983. The van der Waals surface area contributed by atoms with Crippen LogP contribution >= 0.6 is 0 Å². The van der Waals surface area contributed by atoms with Crippen molar-refractivity contribution < 1.29 is 28.9 Å². The number of benzene rings is 2. The standard InChI is InChI=1S/C32H34N4O8/c37-31(25-15-19-3-5-21(25)13-19)33-27-17-23(7-9-29(27)35(39)40)43-11-1-2-12-44-24-8-10-30(36(41)42)28(18-24)34-32(38)26-16-20-4-6-22(26)14-20/h3-10,17-22,25-26H,1-2,11-16H2,(H,33,37)(H,34,38). The smallest absolute Gasteiger partial charge is 0.293 e. The van der Waals surface area contributed by atoms with Crippen LogP contribution < -0.4 is 20.1 Å². The normalized spacial score (nSPS) is 25.6. The van der Waals surface area contributed by atoms with E-state index in [0.717, 1.165) is 25.7 Å². The van der Waals surface area contributed by atoms with Gasteiger partial charge in [-0.05, 0) is 74.3 Å². The van der Waals surface area contributed by atoms with Crippen molar-refractivity contribution in [3.8, 4) is 11.5 Å². The molecule has 12 heteroatoms. The predicted molar refractivity (Wildman–Crippen MR) is 161 cm³/mol. The van der Waals surface area contributed by atoms with Crippen molar-refractivity contribution in [2.75, 3.05) is 23.8 Å². The molecule has 6 unspecified atom stereocenters. The zero-order chi connectivity index (χ0) is 30.8. The van der Waals surface area contributed by atoms with E-state index >= 15 is 0 Å². The van der Waals surface area contributed by atoms with Gasteiger partial charge in [0, 0.05) is 36.1 Å². The van der Waals surface area contributed by atoms with Gasteiger partial charge in [-0.2, -0.15) is 0 Å². The molecule has 6 atom stereocenters. The summed E-state index contributed by atoms with van der Waals surface area (Å²) in [4.78, 5) is 47.8. The van der Waals surface area contributed by atoms with Crippen LogP contribution in [0.2, 0.25) is 0 Å². The maximum absolute atomic E-state index is 12.9. The maximum atomic E-state index is 12.9. The van der Waals surface area contributed by atoms with Crippen molar-refractivity contribution >= 4 is 34.6 Å². The number of anilines is 2. The van der Waals surface area contributed by atoms with Gasteiger partial charge in [0.1, 0.15) is 22.9 Å². The zero-order valence-corrected chi connectivity index (χ0v) is 24.1. The van der Waals surface area contributed by atoms with E-state index in [4.69, 9.17) is 9.47 Å². The van der Waals surface area contributed by atoms with Gasteiger partial charge in [0.15, 0.2) is 0 Å². The lowest BCUT2D eigenvalue weighted by molar-refractivity contribution is -0.384. The quantitative estimate of drug-likeness (QED) is 0.121. The lowest BCUT2D eigenvalue weighted by Crippen LogP contribution is -2.26. The minimum atomic E-state index is -0.526. The number of carbonyl (C=O) groups excluding carboxylic acids is 2. The monoisotopic (exact) mass is 602 g/mol. The number of unbranched alkanes of at least 4 members (excludes halogenated alkanes) is 1. The number of carbonyl (C=O) groups is 2. The van der Waals surface area contributed by atoms with Gasteiger partial charge in [-0.1, -0.05) is 24.3 Å². The fourth-order valence-corrected chi connectivity index (χ4v) is 6.93. The number of hydrogen-bond donors (Lipinski definition) is 2. The number of hydrogen-bond acceptors (Lipinski definition) is 8. The number of amides is 2. The van der Waals surface area contributed by atoms with Gasteiger partial charge in [0.25, 0.3) is 11.4 Å². The average Bonchev–Trinajstić information content (AvgIpc) is 3.82. The number of nitro benzene ring substituents is 2. The van der Waals surface area contributed by atoms with Crippen molar-refractivity contribution in [1.29, 1.82) is 0 Å². The van der Waals surface area contributed by atoms with Crippen molar-refractivity contribution in [2.24, 2.45) is 35.5 Å². The number of ether oxygens (including phenoxy) is 2. The van der Waals surface area contributed by atoms with Crippen LogP contribution in [0, 0.1) is 55.7 Å². The molecule has 230 valence electrons. The third-order valence-electron chi connectivity index (χ3n) is 9.15. The summed E-state index contributed by atoms with van der Waals surface area (Å²) in [6.45, 7) is 0.622. The van der Waals surface area contributed by atoms with E-state index in [1.54, 1.807) is 0 Å². The molecule has 44 heavy (non-hydrogen) atoms. The zero-order valence-electron chi connectivity index (χ0n) is 24.1. The molecule has 2 aromatic carbocycles. The van der Waals surface area contributed by atoms with Crippen LogP contribution in [0.15, 0.2) is 60.7 Å². The lowest BCUT2D eigenvalue weighted by Gasteiger charge is -2.18. The maximum Gasteiger partial charge on any atom is 0.293 e. The fraction of sp³-hybridized carbons (Fsp3) is 0.438. The van der Waals surface area contributed by atoms with Crippen molar-refractivity contribution in [1.82, 2.24) is 0 Å². The second kappa shape index (κ2) is 12.5. The molecule has 0 heterocycles. The molecule has 0 radical (unpaired) electrons. The largest absolute Gasteiger partial charge is 0.494 e. The van der Waals surface area contributed by atoms with Gasteiger partial charge >= 0.3 is 0 Å². The average molecular weight is 603 g/mol. The molecule has 0 spiro atoms. The van der Waals surface area contributed by atoms with Crippen LogP contribution in [-0.4, -0.2) is 34.9 Å².